The zero-order valence-electron chi connectivity index (χ0n) is 17.8. The van der Waals surface area contributed by atoms with E-state index >= 15 is 0 Å². The van der Waals surface area contributed by atoms with E-state index in [1.54, 1.807) is 15.9 Å². The summed E-state index contributed by atoms with van der Waals surface area (Å²) in [7, 11) is 0. The number of para-hydroxylation sites is 1. The van der Waals surface area contributed by atoms with Crippen molar-refractivity contribution < 1.29 is 19.1 Å². The van der Waals surface area contributed by atoms with Gasteiger partial charge >= 0.3 is 0 Å². The van der Waals surface area contributed by atoms with Crippen molar-refractivity contribution in [3.05, 3.63) is 89.4 Å². The Kier molecular flexibility index (Phi) is 5.53. The smallest absolute Gasteiger partial charge is 0.289 e. The fraction of sp³-hybridized carbons (Fsp3) is 0.308. The molecule has 0 spiro atoms. The summed E-state index contributed by atoms with van der Waals surface area (Å²) in [5.74, 6) is 0.291. The number of hydrogen-bond acceptors (Lipinski definition) is 4. The third-order valence-electron chi connectivity index (χ3n) is 6.61. The van der Waals surface area contributed by atoms with Gasteiger partial charge in [0, 0.05) is 24.3 Å². The number of anilines is 1. The lowest BCUT2D eigenvalue weighted by atomic mass is 9.87. The Bertz CT molecular complexity index is 1120. The number of likely N-dealkylation sites (tertiary alicyclic amines) is 1. The summed E-state index contributed by atoms with van der Waals surface area (Å²) in [5.41, 5.74) is 3.54. The SMILES string of the molecule is O=C(c1occc1CN1C(=O)Cc2ccccc21)N1CCC(C(O)c2ccccc2)CC1. The second-order valence-corrected chi connectivity index (χ2v) is 8.55. The summed E-state index contributed by atoms with van der Waals surface area (Å²) in [5, 5.41) is 10.7. The Morgan fingerprint density at radius 3 is 2.53 bits per heavy atom. The predicted octanol–water partition coefficient (Wildman–Crippen LogP) is 3.95. The number of fused-ring (bicyclic) bond motifs is 1. The molecule has 6 heteroatoms. The van der Waals surface area contributed by atoms with Gasteiger partial charge in [0.15, 0.2) is 5.76 Å². The molecule has 6 nitrogen and oxygen atoms in total. The minimum absolute atomic E-state index is 0.0292. The Morgan fingerprint density at radius 1 is 1.03 bits per heavy atom. The number of aliphatic hydroxyl groups is 1. The van der Waals surface area contributed by atoms with Crippen LogP contribution in [0.2, 0.25) is 0 Å². The van der Waals surface area contributed by atoms with E-state index in [-0.39, 0.29) is 17.7 Å². The second-order valence-electron chi connectivity index (χ2n) is 8.55. The number of furan rings is 1. The van der Waals surface area contributed by atoms with Crippen molar-refractivity contribution >= 4 is 17.5 Å². The highest BCUT2D eigenvalue weighted by molar-refractivity contribution is 6.01. The van der Waals surface area contributed by atoms with E-state index in [1.165, 1.54) is 6.26 Å². The monoisotopic (exact) mass is 430 g/mol. The summed E-state index contributed by atoms with van der Waals surface area (Å²) in [6.45, 7) is 1.45. The van der Waals surface area contributed by atoms with Gasteiger partial charge in [-0.25, -0.2) is 0 Å². The molecule has 1 atom stereocenters. The summed E-state index contributed by atoms with van der Waals surface area (Å²) in [6.07, 6.45) is 2.84. The summed E-state index contributed by atoms with van der Waals surface area (Å²) in [4.78, 5) is 29.2. The van der Waals surface area contributed by atoms with Crippen molar-refractivity contribution in [3.63, 3.8) is 0 Å². The lowest BCUT2D eigenvalue weighted by Crippen LogP contribution is -2.40. The molecule has 0 saturated carbocycles. The molecule has 0 radical (unpaired) electrons. The van der Waals surface area contributed by atoms with Crippen LogP contribution < -0.4 is 4.90 Å². The number of aliphatic hydroxyl groups excluding tert-OH is 1. The zero-order valence-corrected chi connectivity index (χ0v) is 17.8. The minimum Gasteiger partial charge on any atom is -0.459 e. The number of piperidine rings is 1. The van der Waals surface area contributed by atoms with Crippen LogP contribution in [0, 0.1) is 5.92 Å². The van der Waals surface area contributed by atoms with Crippen molar-refractivity contribution in [2.75, 3.05) is 18.0 Å². The molecule has 0 aliphatic carbocycles. The van der Waals surface area contributed by atoms with E-state index in [0.717, 1.165) is 29.7 Å². The fourth-order valence-corrected chi connectivity index (χ4v) is 4.79. The van der Waals surface area contributed by atoms with Gasteiger partial charge in [0.25, 0.3) is 5.91 Å². The Hall–Kier alpha value is -3.38. The van der Waals surface area contributed by atoms with Gasteiger partial charge in [-0.05, 0) is 42.0 Å². The van der Waals surface area contributed by atoms with Gasteiger partial charge in [0.05, 0.1) is 25.3 Å². The van der Waals surface area contributed by atoms with Gasteiger partial charge in [-0.3, -0.25) is 9.59 Å². The minimum atomic E-state index is -0.520. The number of carbonyl (C=O) groups is 2. The maximum Gasteiger partial charge on any atom is 0.289 e. The van der Waals surface area contributed by atoms with E-state index in [0.29, 0.717) is 37.4 Å². The molecule has 1 unspecified atom stereocenters. The van der Waals surface area contributed by atoms with Crippen LogP contribution in [0.5, 0.6) is 0 Å². The zero-order chi connectivity index (χ0) is 22.1. The molecule has 164 valence electrons. The number of hydrogen-bond donors (Lipinski definition) is 1. The first-order chi connectivity index (χ1) is 15.6. The third-order valence-corrected chi connectivity index (χ3v) is 6.61. The molecule has 1 fully saturated rings. The lowest BCUT2D eigenvalue weighted by Gasteiger charge is -2.34. The summed E-state index contributed by atoms with van der Waals surface area (Å²) >= 11 is 0. The Morgan fingerprint density at radius 2 is 1.75 bits per heavy atom. The highest BCUT2D eigenvalue weighted by Gasteiger charge is 2.32. The van der Waals surface area contributed by atoms with Crippen LogP contribution in [0.25, 0.3) is 0 Å². The van der Waals surface area contributed by atoms with Crippen LogP contribution in [0.4, 0.5) is 5.69 Å². The predicted molar refractivity (Wildman–Crippen MR) is 120 cm³/mol. The molecule has 1 N–H and O–H groups in total. The maximum absolute atomic E-state index is 13.2. The first-order valence-electron chi connectivity index (χ1n) is 11.1. The maximum atomic E-state index is 13.2. The van der Waals surface area contributed by atoms with Crippen LogP contribution in [0.15, 0.2) is 71.3 Å². The van der Waals surface area contributed by atoms with Crippen molar-refractivity contribution in [1.82, 2.24) is 4.90 Å². The average molecular weight is 431 g/mol. The molecule has 3 aromatic rings. The fourth-order valence-electron chi connectivity index (χ4n) is 4.79. The van der Waals surface area contributed by atoms with Crippen LogP contribution >= 0.6 is 0 Å². The van der Waals surface area contributed by atoms with Gasteiger partial charge < -0.3 is 19.3 Å². The molecule has 2 aromatic carbocycles. The molecule has 2 aliphatic rings. The first-order valence-corrected chi connectivity index (χ1v) is 11.1. The normalized spacial score (nSPS) is 17.5. The number of nitrogens with zero attached hydrogens (tertiary/aromatic N) is 2. The molecular formula is C26H26N2O4. The molecule has 0 bridgehead atoms. The number of rotatable bonds is 5. The van der Waals surface area contributed by atoms with Crippen molar-refractivity contribution in [2.45, 2.75) is 31.9 Å². The second kappa shape index (κ2) is 8.63. The topological polar surface area (TPSA) is 74.0 Å². The molecule has 2 amide bonds. The largest absolute Gasteiger partial charge is 0.459 e. The van der Waals surface area contributed by atoms with E-state index in [9.17, 15) is 14.7 Å². The third kappa shape index (κ3) is 3.82. The van der Waals surface area contributed by atoms with E-state index in [1.807, 2.05) is 54.6 Å². The van der Waals surface area contributed by atoms with Crippen LogP contribution in [-0.4, -0.2) is 34.9 Å². The van der Waals surface area contributed by atoms with Gasteiger partial charge in [0.1, 0.15) is 0 Å². The molecule has 1 aromatic heterocycles. The molecular weight excluding hydrogens is 404 g/mol. The van der Waals surface area contributed by atoms with Gasteiger partial charge in [-0.1, -0.05) is 48.5 Å². The summed E-state index contributed by atoms with van der Waals surface area (Å²) < 4.78 is 5.58. The number of benzene rings is 2. The Balaban J connectivity index is 1.25. The van der Waals surface area contributed by atoms with Crippen LogP contribution in [0.3, 0.4) is 0 Å². The highest BCUT2D eigenvalue weighted by atomic mass is 16.3. The quantitative estimate of drug-likeness (QED) is 0.665. The number of carbonyl (C=O) groups excluding carboxylic acids is 2. The molecule has 1 saturated heterocycles. The van der Waals surface area contributed by atoms with E-state index < -0.39 is 6.10 Å². The van der Waals surface area contributed by atoms with Crippen molar-refractivity contribution in [3.8, 4) is 0 Å². The van der Waals surface area contributed by atoms with E-state index in [4.69, 9.17) is 4.42 Å². The Labute approximate surface area is 187 Å². The molecule has 2 aliphatic heterocycles. The highest BCUT2D eigenvalue weighted by Crippen LogP contribution is 2.33. The lowest BCUT2D eigenvalue weighted by molar-refractivity contribution is -0.117. The average Bonchev–Trinajstić information content (AvgIpc) is 3.43. The standard InChI is InChI=1S/C26H26N2O4/c29-23-16-20-8-4-5-9-22(20)28(23)17-21-12-15-32-25(21)26(31)27-13-10-19(11-14-27)24(30)18-6-2-1-3-7-18/h1-9,12,15,19,24,30H,10-11,13-14,16-17H2. The summed E-state index contributed by atoms with van der Waals surface area (Å²) in [6, 6.07) is 19.2. The van der Waals surface area contributed by atoms with Crippen LogP contribution in [-0.2, 0) is 17.8 Å². The number of amides is 2. The first kappa shape index (κ1) is 20.5. The van der Waals surface area contributed by atoms with Gasteiger partial charge in [0.2, 0.25) is 5.91 Å². The van der Waals surface area contributed by atoms with E-state index in [2.05, 4.69) is 0 Å². The van der Waals surface area contributed by atoms with Gasteiger partial charge in [-0.2, -0.15) is 0 Å². The van der Waals surface area contributed by atoms with Crippen molar-refractivity contribution in [2.24, 2.45) is 5.92 Å². The van der Waals surface area contributed by atoms with Crippen LogP contribution in [0.1, 0.15) is 46.2 Å². The van der Waals surface area contributed by atoms with Crippen molar-refractivity contribution in [1.29, 1.82) is 0 Å². The molecule has 5 rings (SSSR count). The molecule has 3 heterocycles. The molecule has 32 heavy (non-hydrogen) atoms. The van der Waals surface area contributed by atoms with Gasteiger partial charge in [-0.15, -0.1) is 0 Å².